The van der Waals surface area contributed by atoms with Crippen LogP contribution in [-0.2, 0) is 19.2 Å². The molecule has 0 unspecified atom stereocenters. The lowest BCUT2D eigenvalue weighted by molar-refractivity contribution is -0.139. The predicted molar refractivity (Wildman–Crippen MR) is 119 cm³/mol. The summed E-state index contributed by atoms with van der Waals surface area (Å²) in [7, 11) is 0. The lowest BCUT2D eigenvalue weighted by Crippen LogP contribution is -1.97. The molecule has 0 rings (SSSR count). The minimum atomic E-state index is -0.870. The summed E-state index contributed by atoms with van der Waals surface area (Å²) in [6, 6.07) is 0. The molecular formula is C22H42O10. The predicted octanol–water partition coefficient (Wildman–Crippen LogP) is 3.52. The zero-order chi connectivity index (χ0) is 25.0. The van der Waals surface area contributed by atoms with E-state index in [4.69, 9.17) is 30.6 Å². The summed E-state index contributed by atoms with van der Waals surface area (Å²) in [5.41, 5.74) is 0. The molecule has 0 aliphatic rings. The zero-order valence-corrected chi connectivity index (χ0v) is 19.0. The Labute approximate surface area is 190 Å². The highest BCUT2D eigenvalue weighted by atomic mass is 16.4. The summed E-state index contributed by atoms with van der Waals surface area (Å²) in [5, 5.41) is 49.3. The average Bonchev–Trinajstić information content (AvgIpc) is 2.71. The number of aliphatic carboxylic acids is 4. The molecule has 0 heterocycles. The van der Waals surface area contributed by atoms with Gasteiger partial charge in [0.1, 0.15) is 0 Å². The molecule has 0 radical (unpaired) electrons. The van der Waals surface area contributed by atoms with E-state index in [2.05, 4.69) is 0 Å². The van der Waals surface area contributed by atoms with Crippen LogP contribution >= 0.6 is 0 Å². The summed E-state index contributed by atoms with van der Waals surface area (Å²) in [6.07, 6.45) is 11.0. The Kier molecular flexibility index (Phi) is 31.0. The summed E-state index contributed by atoms with van der Waals surface area (Å²) < 4.78 is 0. The molecule has 0 aliphatic carbocycles. The maximum atomic E-state index is 10.2. The van der Waals surface area contributed by atoms with Crippen molar-refractivity contribution in [3.63, 3.8) is 0 Å². The Balaban J connectivity index is -0.000000446. The Bertz CT molecular complexity index is 424. The Morgan fingerprint density at radius 1 is 0.344 bits per heavy atom. The van der Waals surface area contributed by atoms with Crippen molar-refractivity contribution in [2.24, 2.45) is 0 Å². The molecule has 0 aromatic carbocycles. The number of carboxylic acid groups (broad SMARTS) is 4. The largest absolute Gasteiger partial charge is 0.481 e. The SMILES string of the molecule is O=C(O)CCCCC(=O)O.O=C(O)CCCCCCCCCCC(=O)O.OCCCCO. The first-order valence-electron chi connectivity index (χ1n) is 11.3. The zero-order valence-electron chi connectivity index (χ0n) is 19.0. The number of rotatable bonds is 19. The Morgan fingerprint density at radius 2 is 0.531 bits per heavy atom. The van der Waals surface area contributed by atoms with Gasteiger partial charge in [0.25, 0.3) is 0 Å². The fourth-order valence-corrected chi connectivity index (χ4v) is 2.39. The van der Waals surface area contributed by atoms with E-state index in [0.717, 1.165) is 64.2 Å². The number of aliphatic hydroxyl groups excluding tert-OH is 2. The topological polar surface area (TPSA) is 190 Å². The molecule has 0 aromatic heterocycles. The van der Waals surface area contributed by atoms with Crippen LogP contribution in [0.3, 0.4) is 0 Å². The second kappa shape index (κ2) is 28.8. The van der Waals surface area contributed by atoms with E-state index >= 15 is 0 Å². The molecular weight excluding hydrogens is 424 g/mol. The molecule has 190 valence electrons. The number of hydrogen-bond donors (Lipinski definition) is 6. The van der Waals surface area contributed by atoms with E-state index in [0.29, 0.717) is 12.8 Å². The van der Waals surface area contributed by atoms with Gasteiger partial charge in [0, 0.05) is 38.9 Å². The van der Waals surface area contributed by atoms with Gasteiger partial charge in [-0.1, -0.05) is 38.5 Å². The molecule has 0 amide bonds. The lowest BCUT2D eigenvalue weighted by Gasteiger charge is -2.00. The minimum Gasteiger partial charge on any atom is -0.481 e. The summed E-state index contributed by atoms with van der Waals surface area (Å²) in [4.78, 5) is 40.2. The van der Waals surface area contributed by atoms with Crippen LogP contribution in [-0.4, -0.2) is 67.7 Å². The molecule has 0 saturated heterocycles. The average molecular weight is 467 g/mol. The highest BCUT2D eigenvalue weighted by molar-refractivity contribution is 5.68. The molecule has 6 N–H and O–H groups in total. The third-order valence-electron chi connectivity index (χ3n) is 4.13. The number of aliphatic hydroxyl groups is 2. The van der Waals surface area contributed by atoms with Crippen molar-refractivity contribution >= 4 is 23.9 Å². The summed E-state index contributed by atoms with van der Waals surface area (Å²) in [5.74, 6) is -3.17. The minimum absolute atomic E-state index is 0.0628. The van der Waals surface area contributed by atoms with Gasteiger partial charge in [0.05, 0.1) is 0 Å². The second-order valence-corrected chi connectivity index (χ2v) is 7.26. The third-order valence-corrected chi connectivity index (χ3v) is 4.13. The van der Waals surface area contributed by atoms with Crippen LogP contribution < -0.4 is 0 Å². The van der Waals surface area contributed by atoms with E-state index in [1.165, 1.54) is 0 Å². The van der Waals surface area contributed by atoms with Crippen molar-refractivity contribution in [3.05, 3.63) is 0 Å². The molecule has 10 nitrogen and oxygen atoms in total. The fraction of sp³-hybridized carbons (Fsp3) is 0.818. The number of carbonyl (C=O) groups is 4. The van der Waals surface area contributed by atoms with Gasteiger partial charge in [-0.15, -0.1) is 0 Å². The van der Waals surface area contributed by atoms with Gasteiger partial charge in [-0.2, -0.15) is 0 Å². The van der Waals surface area contributed by atoms with Gasteiger partial charge in [0.15, 0.2) is 0 Å². The van der Waals surface area contributed by atoms with Crippen molar-refractivity contribution in [3.8, 4) is 0 Å². The van der Waals surface area contributed by atoms with Gasteiger partial charge < -0.3 is 30.6 Å². The van der Waals surface area contributed by atoms with Crippen LogP contribution in [0.1, 0.15) is 103 Å². The summed E-state index contributed by atoms with van der Waals surface area (Å²) in [6.45, 7) is 0.390. The number of hydrogen-bond acceptors (Lipinski definition) is 6. The molecule has 0 bridgehead atoms. The van der Waals surface area contributed by atoms with Gasteiger partial charge in [-0.05, 0) is 38.5 Å². The van der Waals surface area contributed by atoms with Crippen molar-refractivity contribution < 1.29 is 49.8 Å². The van der Waals surface area contributed by atoms with Crippen LogP contribution in [0.25, 0.3) is 0 Å². The monoisotopic (exact) mass is 466 g/mol. The molecule has 32 heavy (non-hydrogen) atoms. The van der Waals surface area contributed by atoms with E-state index in [9.17, 15) is 19.2 Å². The fourth-order valence-electron chi connectivity index (χ4n) is 2.39. The van der Waals surface area contributed by atoms with Crippen LogP contribution in [0.5, 0.6) is 0 Å². The second-order valence-electron chi connectivity index (χ2n) is 7.26. The standard InChI is InChI=1S/C12H22O4.C6H10O4.C4H10O2/c13-11(14)9-7-5-3-1-2-4-6-8-10-12(15)16;7-5(8)3-1-2-4-6(9)10;5-3-1-2-4-6/h1-10H2,(H,13,14)(H,15,16);1-4H2,(H,7,8)(H,9,10);5-6H,1-4H2. The maximum absolute atomic E-state index is 10.2. The Morgan fingerprint density at radius 3 is 0.719 bits per heavy atom. The van der Waals surface area contributed by atoms with Crippen molar-refractivity contribution in [2.75, 3.05) is 13.2 Å². The highest BCUT2D eigenvalue weighted by Gasteiger charge is 1.99. The molecule has 0 fully saturated rings. The van der Waals surface area contributed by atoms with Gasteiger partial charge in [0.2, 0.25) is 0 Å². The first-order valence-corrected chi connectivity index (χ1v) is 11.3. The van der Waals surface area contributed by atoms with Crippen molar-refractivity contribution in [2.45, 2.75) is 103 Å². The lowest BCUT2D eigenvalue weighted by atomic mass is 10.1. The van der Waals surface area contributed by atoms with Crippen LogP contribution in [0.15, 0.2) is 0 Å². The first kappa shape index (κ1) is 34.4. The summed E-state index contributed by atoms with van der Waals surface area (Å²) >= 11 is 0. The normalized spacial score (nSPS) is 9.69. The number of carboxylic acids is 4. The molecule has 10 heteroatoms. The first-order chi connectivity index (χ1) is 15.2. The molecule has 0 aromatic rings. The van der Waals surface area contributed by atoms with E-state index in [-0.39, 0.29) is 38.9 Å². The van der Waals surface area contributed by atoms with E-state index in [1.54, 1.807) is 0 Å². The van der Waals surface area contributed by atoms with E-state index < -0.39 is 23.9 Å². The van der Waals surface area contributed by atoms with E-state index in [1.807, 2.05) is 0 Å². The quantitative estimate of drug-likeness (QED) is 0.154. The van der Waals surface area contributed by atoms with Crippen molar-refractivity contribution in [1.82, 2.24) is 0 Å². The van der Waals surface area contributed by atoms with Gasteiger partial charge in [-0.25, -0.2) is 0 Å². The van der Waals surface area contributed by atoms with Crippen molar-refractivity contribution in [1.29, 1.82) is 0 Å². The molecule has 0 aliphatic heterocycles. The maximum Gasteiger partial charge on any atom is 0.303 e. The highest BCUT2D eigenvalue weighted by Crippen LogP contribution is 2.10. The molecule has 0 atom stereocenters. The van der Waals surface area contributed by atoms with Crippen LogP contribution in [0, 0.1) is 0 Å². The molecule has 0 saturated carbocycles. The Hall–Kier alpha value is -2.20. The van der Waals surface area contributed by atoms with Gasteiger partial charge >= 0.3 is 23.9 Å². The van der Waals surface area contributed by atoms with Gasteiger partial charge in [-0.3, -0.25) is 19.2 Å². The smallest absolute Gasteiger partial charge is 0.303 e. The third kappa shape index (κ3) is 46.2. The van der Waals surface area contributed by atoms with Crippen LogP contribution in [0.2, 0.25) is 0 Å². The van der Waals surface area contributed by atoms with Crippen LogP contribution in [0.4, 0.5) is 0 Å². The molecule has 0 spiro atoms. The number of unbranched alkanes of at least 4 members (excludes halogenated alkanes) is 9.